The second kappa shape index (κ2) is 8.46. The third kappa shape index (κ3) is 4.63. The van der Waals surface area contributed by atoms with E-state index < -0.39 is 25.4 Å². The van der Waals surface area contributed by atoms with E-state index in [-0.39, 0.29) is 10.6 Å². The molecule has 0 saturated heterocycles. The molecule has 28 heavy (non-hydrogen) atoms. The molecule has 0 heterocycles. The van der Waals surface area contributed by atoms with Gasteiger partial charge in [-0.15, -0.1) is 6.58 Å². The molecule has 2 aromatic carbocycles. The molecule has 0 amide bonds. The Hall–Kier alpha value is -2.16. The van der Waals surface area contributed by atoms with Gasteiger partial charge >= 0.3 is 0 Å². The summed E-state index contributed by atoms with van der Waals surface area (Å²) in [5.41, 5.74) is 2.46. The second-order valence-electron chi connectivity index (χ2n) is 6.60. The van der Waals surface area contributed by atoms with Gasteiger partial charge < -0.3 is 0 Å². The minimum atomic E-state index is -4.46. The lowest BCUT2D eigenvalue weighted by molar-refractivity contribution is 0.483. The van der Waals surface area contributed by atoms with Crippen LogP contribution in [-0.4, -0.2) is 28.4 Å². The Morgan fingerprint density at radius 2 is 1.71 bits per heavy atom. The lowest BCUT2D eigenvalue weighted by Crippen LogP contribution is -2.31. The summed E-state index contributed by atoms with van der Waals surface area (Å²) < 4.78 is 60.1. The monoisotopic (exact) mass is 423 g/mol. The highest BCUT2D eigenvalue weighted by molar-refractivity contribution is 7.93. The van der Waals surface area contributed by atoms with Crippen LogP contribution in [0.4, 0.5) is 5.69 Å². The van der Waals surface area contributed by atoms with E-state index in [0.29, 0.717) is 17.5 Å². The number of hydrogen-bond acceptors (Lipinski definition) is 4. The Kier molecular flexibility index (Phi) is 6.69. The molecular formula is C20H25NO5S2. The molecule has 1 unspecified atom stereocenters. The van der Waals surface area contributed by atoms with Gasteiger partial charge in [0, 0.05) is 7.05 Å². The van der Waals surface area contributed by atoms with Crippen LogP contribution >= 0.6 is 0 Å². The first-order valence-electron chi connectivity index (χ1n) is 8.79. The zero-order valence-electron chi connectivity index (χ0n) is 16.2. The molecule has 0 saturated carbocycles. The van der Waals surface area contributed by atoms with Crippen LogP contribution in [0.2, 0.25) is 0 Å². The van der Waals surface area contributed by atoms with Gasteiger partial charge in [-0.2, -0.15) is 8.42 Å². The van der Waals surface area contributed by atoms with E-state index in [9.17, 15) is 21.4 Å². The average molecular weight is 424 g/mol. The first kappa shape index (κ1) is 22.1. The minimum absolute atomic E-state index is 0.218. The fraction of sp³-hybridized carbons (Fsp3) is 0.300. The van der Waals surface area contributed by atoms with Crippen molar-refractivity contribution >= 4 is 25.8 Å². The molecule has 1 atom stereocenters. The molecule has 6 nitrogen and oxygen atoms in total. The van der Waals surface area contributed by atoms with E-state index in [1.807, 2.05) is 26.0 Å². The maximum Gasteiger partial charge on any atom is 0.294 e. The first-order chi connectivity index (χ1) is 13.0. The van der Waals surface area contributed by atoms with Crippen LogP contribution < -0.4 is 4.31 Å². The van der Waals surface area contributed by atoms with E-state index in [2.05, 4.69) is 6.58 Å². The maximum atomic E-state index is 13.3. The molecule has 0 spiro atoms. The third-order valence-electron chi connectivity index (χ3n) is 4.54. The predicted molar refractivity (Wildman–Crippen MR) is 112 cm³/mol. The topological polar surface area (TPSA) is 91.8 Å². The molecule has 2 aromatic rings. The highest BCUT2D eigenvalue weighted by Gasteiger charge is 2.31. The lowest BCUT2D eigenvalue weighted by atomic mass is 10.1. The number of aryl methyl sites for hydroxylation is 2. The molecule has 152 valence electrons. The van der Waals surface area contributed by atoms with Crippen molar-refractivity contribution in [3.05, 3.63) is 71.8 Å². The van der Waals surface area contributed by atoms with Crippen LogP contribution in [0.1, 0.15) is 35.3 Å². The van der Waals surface area contributed by atoms with Crippen molar-refractivity contribution in [2.24, 2.45) is 0 Å². The maximum absolute atomic E-state index is 13.3. The molecule has 0 aliphatic heterocycles. The largest absolute Gasteiger partial charge is 0.294 e. The zero-order chi connectivity index (χ0) is 21.1. The number of benzene rings is 2. The highest BCUT2D eigenvalue weighted by atomic mass is 32.2. The Bertz CT molecular complexity index is 1060. The smallest absolute Gasteiger partial charge is 0.282 e. The Labute approximate surface area is 167 Å². The SMILES string of the molecule is C=CC(c1ccc(C)cc1)S(=O)(=O)N(C)c1cc(S(=O)(=O)O)ccc1CCC. The summed E-state index contributed by atoms with van der Waals surface area (Å²) in [6.45, 7) is 7.52. The van der Waals surface area contributed by atoms with Crippen molar-refractivity contribution in [3.8, 4) is 0 Å². The van der Waals surface area contributed by atoms with Gasteiger partial charge in [0.2, 0.25) is 10.0 Å². The summed E-state index contributed by atoms with van der Waals surface area (Å²) in [6.07, 6.45) is 2.65. The van der Waals surface area contributed by atoms with Crippen molar-refractivity contribution in [2.75, 3.05) is 11.4 Å². The number of sulfonamides is 1. The fourth-order valence-electron chi connectivity index (χ4n) is 2.97. The zero-order valence-corrected chi connectivity index (χ0v) is 17.8. The van der Waals surface area contributed by atoms with E-state index in [1.165, 1.54) is 31.3 Å². The van der Waals surface area contributed by atoms with Crippen LogP contribution in [0.25, 0.3) is 0 Å². The van der Waals surface area contributed by atoms with Gasteiger partial charge in [0.15, 0.2) is 0 Å². The van der Waals surface area contributed by atoms with Gasteiger partial charge in [-0.05, 0) is 36.6 Å². The molecule has 0 aliphatic carbocycles. The van der Waals surface area contributed by atoms with Gasteiger partial charge in [-0.25, -0.2) is 8.42 Å². The quantitative estimate of drug-likeness (QED) is 0.514. The Balaban J connectivity index is 2.59. The fourth-order valence-corrected chi connectivity index (χ4v) is 5.00. The predicted octanol–water partition coefficient (Wildman–Crippen LogP) is 3.89. The molecule has 0 aromatic heterocycles. The van der Waals surface area contributed by atoms with Crippen LogP contribution in [0.15, 0.2) is 60.0 Å². The van der Waals surface area contributed by atoms with Crippen molar-refractivity contribution in [3.63, 3.8) is 0 Å². The van der Waals surface area contributed by atoms with E-state index in [0.717, 1.165) is 16.3 Å². The summed E-state index contributed by atoms with van der Waals surface area (Å²) in [7, 11) is -7.02. The minimum Gasteiger partial charge on any atom is -0.282 e. The highest BCUT2D eigenvalue weighted by Crippen LogP contribution is 2.33. The Morgan fingerprint density at radius 1 is 1.11 bits per heavy atom. The molecule has 0 aliphatic rings. The van der Waals surface area contributed by atoms with Crippen LogP contribution in [0.3, 0.4) is 0 Å². The lowest BCUT2D eigenvalue weighted by Gasteiger charge is -2.27. The van der Waals surface area contributed by atoms with Crippen LogP contribution in [0.5, 0.6) is 0 Å². The van der Waals surface area contributed by atoms with Crippen molar-refractivity contribution in [2.45, 2.75) is 36.8 Å². The second-order valence-corrected chi connectivity index (χ2v) is 10.1. The van der Waals surface area contributed by atoms with Crippen LogP contribution in [-0.2, 0) is 26.6 Å². The normalized spacial score (nSPS) is 13.1. The summed E-state index contributed by atoms with van der Waals surface area (Å²) in [6, 6.07) is 11.1. The van der Waals surface area contributed by atoms with E-state index in [1.54, 1.807) is 12.1 Å². The summed E-state index contributed by atoms with van der Waals surface area (Å²) >= 11 is 0. The third-order valence-corrected chi connectivity index (χ3v) is 7.45. The Morgan fingerprint density at radius 3 is 2.21 bits per heavy atom. The van der Waals surface area contributed by atoms with E-state index in [4.69, 9.17) is 0 Å². The van der Waals surface area contributed by atoms with Gasteiger partial charge in [-0.3, -0.25) is 8.86 Å². The summed E-state index contributed by atoms with van der Waals surface area (Å²) in [4.78, 5) is -0.352. The van der Waals surface area contributed by atoms with Crippen LogP contribution in [0, 0.1) is 6.92 Å². The van der Waals surface area contributed by atoms with Crippen molar-refractivity contribution in [1.82, 2.24) is 0 Å². The number of hydrogen-bond donors (Lipinski definition) is 1. The molecule has 0 bridgehead atoms. The summed E-state index contributed by atoms with van der Waals surface area (Å²) in [5, 5.41) is -0.998. The molecular weight excluding hydrogens is 398 g/mol. The van der Waals surface area contributed by atoms with Gasteiger partial charge in [0.25, 0.3) is 10.1 Å². The number of rotatable bonds is 8. The average Bonchev–Trinajstić information content (AvgIpc) is 2.62. The van der Waals surface area contributed by atoms with Gasteiger partial charge in [-0.1, -0.05) is 55.3 Å². The molecule has 1 N–H and O–H groups in total. The van der Waals surface area contributed by atoms with Gasteiger partial charge in [0.05, 0.1) is 10.6 Å². The van der Waals surface area contributed by atoms with Gasteiger partial charge in [0.1, 0.15) is 5.25 Å². The molecule has 0 fully saturated rings. The van der Waals surface area contributed by atoms with E-state index >= 15 is 0 Å². The number of nitrogens with zero attached hydrogens (tertiary/aromatic N) is 1. The summed E-state index contributed by atoms with van der Waals surface area (Å²) in [5.74, 6) is 0. The first-order valence-corrected chi connectivity index (χ1v) is 11.7. The van der Waals surface area contributed by atoms with Crippen molar-refractivity contribution < 1.29 is 21.4 Å². The molecule has 2 rings (SSSR count). The number of anilines is 1. The molecule has 8 heteroatoms. The standard InChI is InChI=1S/C20H25NO5S2/c1-5-7-16-12-13-18(28(24,25)26)14-19(16)21(4)27(22,23)20(6-2)17-10-8-15(3)9-11-17/h6,8-14,20H,2,5,7H2,1,3-4H3,(H,24,25,26). The molecule has 0 radical (unpaired) electrons. The van der Waals surface area contributed by atoms with Crippen molar-refractivity contribution in [1.29, 1.82) is 0 Å².